The molecule has 0 aliphatic rings. The Morgan fingerprint density at radius 1 is 1.58 bits per heavy atom. The molecule has 0 bridgehead atoms. The Morgan fingerprint density at radius 2 is 2.25 bits per heavy atom. The largest absolute Gasteiger partial charge is 0.466 e. The first-order valence-electron chi connectivity index (χ1n) is 4.29. The Bertz CT molecular complexity index is 172. The van der Waals surface area contributed by atoms with E-state index in [1.807, 2.05) is 13.0 Å². The Hall–Kier alpha value is -1.04. The quantitative estimate of drug-likeness (QED) is 0.590. The van der Waals surface area contributed by atoms with Gasteiger partial charge in [-0.2, -0.15) is 5.26 Å². The van der Waals surface area contributed by atoms with Crippen LogP contribution in [0.4, 0.5) is 0 Å². The molecule has 3 nitrogen and oxygen atoms in total. The second-order valence-electron chi connectivity index (χ2n) is 2.55. The standard InChI is InChI=1S/C9H15NO2/c1-3-8(6-5-7-10)9(11)12-4-2/h8H,3-6H2,1-2H3. The number of carbonyl (C=O) groups is 1. The fraction of sp³-hybridized carbons (Fsp3) is 0.778. The third-order valence-electron chi connectivity index (χ3n) is 1.72. The lowest BCUT2D eigenvalue weighted by molar-refractivity contribution is -0.148. The molecule has 0 saturated carbocycles. The number of nitrogens with zero attached hydrogens (tertiary/aromatic N) is 1. The van der Waals surface area contributed by atoms with E-state index in [-0.39, 0.29) is 11.9 Å². The molecule has 3 heteroatoms. The lowest BCUT2D eigenvalue weighted by atomic mass is 10.0. The van der Waals surface area contributed by atoms with Crippen LogP contribution >= 0.6 is 0 Å². The molecule has 0 heterocycles. The summed E-state index contributed by atoms with van der Waals surface area (Å²) in [5.74, 6) is -0.264. The normalized spacial score (nSPS) is 11.8. The molecular formula is C9H15NO2. The van der Waals surface area contributed by atoms with Crippen molar-refractivity contribution in [2.45, 2.75) is 33.1 Å². The number of rotatable bonds is 5. The van der Waals surface area contributed by atoms with Crippen molar-refractivity contribution in [1.29, 1.82) is 5.26 Å². The summed E-state index contributed by atoms with van der Waals surface area (Å²) in [5, 5.41) is 8.32. The molecule has 0 amide bonds. The van der Waals surface area contributed by atoms with Gasteiger partial charge in [0.1, 0.15) is 0 Å². The minimum Gasteiger partial charge on any atom is -0.466 e. The van der Waals surface area contributed by atoms with Crippen molar-refractivity contribution in [2.75, 3.05) is 6.61 Å². The van der Waals surface area contributed by atoms with Gasteiger partial charge >= 0.3 is 5.97 Å². The molecule has 12 heavy (non-hydrogen) atoms. The van der Waals surface area contributed by atoms with Crippen LogP contribution in [-0.2, 0) is 9.53 Å². The molecule has 0 aromatic carbocycles. The zero-order valence-electron chi connectivity index (χ0n) is 7.67. The Labute approximate surface area is 73.3 Å². The van der Waals surface area contributed by atoms with E-state index < -0.39 is 0 Å². The highest BCUT2D eigenvalue weighted by molar-refractivity contribution is 5.72. The summed E-state index contributed by atoms with van der Waals surface area (Å²) in [6.45, 7) is 4.13. The molecule has 1 atom stereocenters. The SMILES string of the molecule is CCOC(=O)C(CC)CCC#N. The molecule has 0 fully saturated rings. The zero-order valence-corrected chi connectivity index (χ0v) is 7.67. The Kier molecular flexibility index (Phi) is 6.08. The summed E-state index contributed by atoms with van der Waals surface area (Å²) in [4.78, 5) is 11.1. The monoisotopic (exact) mass is 169 g/mol. The number of hydrogen-bond acceptors (Lipinski definition) is 3. The number of ether oxygens (including phenoxy) is 1. The summed E-state index contributed by atoms with van der Waals surface area (Å²) in [6.07, 6.45) is 1.80. The summed E-state index contributed by atoms with van der Waals surface area (Å²) >= 11 is 0. The molecule has 0 aromatic rings. The molecule has 0 aliphatic heterocycles. The number of hydrogen-bond donors (Lipinski definition) is 0. The molecule has 68 valence electrons. The molecule has 0 aliphatic carbocycles. The highest BCUT2D eigenvalue weighted by Gasteiger charge is 2.16. The van der Waals surface area contributed by atoms with Gasteiger partial charge in [0.2, 0.25) is 0 Å². The van der Waals surface area contributed by atoms with Crippen LogP contribution in [-0.4, -0.2) is 12.6 Å². The van der Waals surface area contributed by atoms with Gasteiger partial charge in [0.25, 0.3) is 0 Å². The highest BCUT2D eigenvalue weighted by atomic mass is 16.5. The van der Waals surface area contributed by atoms with Crippen LogP contribution < -0.4 is 0 Å². The molecule has 0 spiro atoms. The molecule has 0 radical (unpaired) electrons. The number of esters is 1. The van der Waals surface area contributed by atoms with E-state index in [1.165, 1.54) is 0 Å². The van der Waals surface area contributed by atoms with Crippen LogP contribution in [0.1, 0.15) is 33.1 Å². The minimum atomic E-state index is -0.171. The fourth-order valence-corrected chi connectivity index (χ4v) is 0.988. The van der Waals surface area contributed by atoms with Crippen LogP contribution in [0, 0.1) is 17.2 Å². The topological polar surface area (TPSA) is 50.1 Å². The van der Waals surface area contributed by atoms with E-state index in [1.54, 1.807) is 6.92 Å². The van der Waals surface area contributed by atoms with Gasteiger partial charge in [-0.15, -0.1) is 0 Å². The first-order chi connectivity index (χ1) is 5.76. The lowest BCUT2D eigenvalue weighted by Gasteiger charge is -2.10. The van der Waals surface area contributed by atoms with Crippen LogP contribution in [0.15, 0.2) is 0 Å². The van der Waals surface area contributed by atoms with Crippen molar-refractivity contribution in [3.8, 4) is 6.07 Å². The molecule has 1 unspecified atom stereocenters. The van der Waals surface area contributed by atoms with Crippen molar-refractivity contribution in [3.63, 3.8) is 0 Å². The predicted molar refractivity (Wildman–Crippen MR) is 45.3 cm³/mol. The maximum absolute atomic E-state index is 11.1. The van der Waals surface area contributed by atoms with Crippen molar-refractivity contribution >= 4 is 5.97 Å². The third-order valence-corrected chi connectivity index (χ3v) is 1.72. The Balaban J connectivity index is 3.80. The smallest absolute Gasteiger partial charge is 0.308 e. The third kappa shape index (κ3) is 3.97. The molecular weight excluding hydrogens is 154 g/mol. The van der Waals surface area contributed by atoms with E-state index in [0.29, 0.717) is 19.4 Å². The maximum Gasteiger partial charge on any atom is 0.308 e. The number of carbonyl (C=O) groups excluding carboxylic acids is 1. The van der Waals surface area contributed by atoms with E-state index in [0.717, 1.165) is 6.42 Å². The average molecular weight is 169 g/mol. The van der Waals surface area contributed by atoms with Crippen molar-refractivity contribution in [2.24, 2.45) is 5.92 Å². The van der Waals surface area contributed by atoms with Crippen LogP contribution in [0.2, 0.25) is 0 Å². The first kappa shape index (κ1) is 11.0. The average Bonchev–Trinajstić information content (AvgIpc) is 2.06. The molecule has 0 rings (SSSR count). The van der Waals surface area contributed by atoms with Crippen molar-refractivity contribution in [1.82, 2.24) is 0 Å². The fourth-order valence-electron chi connectivity index (χ4n) is 0.988. The van der Waals surface area contributed by atoms with Crippen molar-refractivity contribution < 1.29 is 9.53 Å². The van der Waals surface area contributed by atoms with E-state index in [9.17, 15) is 4.79 Å². The second kappa shape index (κ2) is 6.66. The first-order valence-corrected chi connectivity index (χ1v) is 4.29. The van der Waals surface area contributed by atoms with Crippen LogP contribution in [0.3, 0.4) is 0 Å². The molecule has 0 N–H and O–H groups in total. The predicted octanol–water partition coefficient (Wildman–Crippen LogP) is 1.88. The summed E-state index contributed by atoms with van der Waals surface area (Å²) in [5.41, 5.74) is 0. The van der Waals surface area contributed by atoms with E-state index in [4.69, 9.17) is 10.00 Å². The van der Waals surface area contributed by atoms with Gasteiger partial charge in [-0.3, -0.25) is 4.79 Å². The zero-order chi connectivity index (χ0) is 9.40. The van der Waals surface area contributed by atoms with Crippen LogP contribution in [0.5, 0.6) is 0 Å². The molecule has 0 saturated heterocycles. The maximum atomic E-state index is 11.1. The second-order valence-corrected chi connectivity index (χ2v) is 2.55. The summed E-state index contributed by atoms with van der Waals surface area (Å²) in [7, 11) is 0. The number of nitriles is 1. The van der Waals surface area contributed by atoms with Gasteiger partial charge < -0.3 is 4.74 Å². The van der Waals surface area contributed by atoms with Gasteiger partial charge in [0.15, 0.2) is 0 Å². The summed E-state index contributed by atoms with van der Waals surface area (Å²) < 4.78 is 4.84. The minimum absolute atomic E-state index is 0.0930. The van der Waals surface area contributed by atoms with Gasteiger partial charge in [-0.25, -0.2) is 0 Å². The van der Waals surface area contributed by atoms with Gasteiger partial charge in [0, 0.05) is 6.42 Å². The van der Waals surface area contributed by atoms with Gasteiger partial charge in [-0.05, 0) is 19.8 Å². The lowest BCUT2D eigenvalue weighted by Crippen LogP contribution is -2.16. The molecule has 0 aromatic heterocycles. The summed E-state index contributed by atoms with van der Waals surface area (Å²) in [6, 6.07) is 2.02. The van der Waals surface area contributed by atoms with E-state index in [2.05, 4.69) is 0 Å². The van der Waals surface area contributed by atoms with Gasteiger partial charge in [-0.1, -0.05) is 6.92 Å². The van der Waals surface area contributed by atoms with Crippen molar-refractivity contribution in [3.05, 3.63) is 0 Å². The highest BCUT2D eigenvalue weighted by Crippen LogP contribution is 2.12. The van der Waals surface area contributed by atoms with Crippen LogP contribution in [0.25, 0.3) is 0 Å². The Morgan fingerprint density at radius 3 is 2.67 bits per heavy atom. The van der Waals surface area contributed by atoms with Gasteiger partial charge in [0.05, 0.1) is 18.6 Å². The van der Waals surface area contributed by atoms with E-state index >= 15 is 0 Å².